The highest BCUT2D eigenvalue weighted by molar-refractivity contribution is 7.26. The molecule has 0 radical (unpaired) electrons. The Kier molecular flexibility index (Phi) is 3.93. The zero-order chi connectivity index (χ0) is 24.8. The molecule has 5 aromatic carbocycles. The lowest BCUT2D eigenvalue weighted by molar-refractivity contribution is 1.24. The lowest BCUT2D eigenvalue weighted by Crippen LogP contribution is -1.87. The Balaban J connectivity index is 1.27. The zero-order valence-corrected chi connectivity index (χ0v) is 21.0. The summed E-state index contributed by atoms with van der Waals surface area (Å²) in [6.45, 7) is 0. The molecule has 0 spiro atoms. The topological polar surface area (TPSA) is 30.2 Å². The molecule has 0 saturated carbocycles. The van der Waals surface area contributed by atoms with Crippen LogP contribution in [0.1, 0.15) is 0 Å². The van der Waals surface area contributed by atoms with Crippen molar-refractivity contribution in [2.75, 3.05) is 0 Å². The van der Waals surface area contributed by atoms with Crippen LogP contribution in [0.25, 0.3) is 80.8 Å². The average Bonchev–Trinajstić information content (AvgIpc) is 3.64. The van der Waals surface area contributed by atoms with Gasteiger partial charge in [-0.1, -0.05) is 84.9 Å². The number of aromatic nitrogens is 3. The summed E-state index contributed by atoms with van der Waals surface area (Å²) < 4.78 is 4.81. The van der Waals surface area contributed by atoms with Crippen LogP contribution in [0.5, 0.6) is 0 Å². The Labute approximate surface area is 221 Å². The summed E-state index contributed by atoms with van der Waals surface area (Å²) >= 11 is 1.76. The number of hydrogen-bond acceptors (Lipinski definition) is 3. The first-order valence-corrected chi connectivity index (χ1v) is 13.6. The standard InChI is InChI=1S/C34H19N3S/c1-3-13-28-23(9-1)25-11-6-12-26-24-16-15-21(18-29(24)37(28)33(25)26)20-7-5-8-22(17-20)31-34-32(36-19-35-31)27-10-2-4-14-30(27)38-34/h1-19H. The van der Waals surface area contributed by atoms with Crippen molar-refractivity contribution < 1.29 is 0 Å². The van der Waals surface area contributed by atoms with Gasteiger partial charge < -0.3 is 4.40 Å². The van der Waals surface area contributed by atoms with E-state index < -0.39 is 0 Å². The van der Waals surface area contributed by atoms with Crippen LogP contribution >= 0.6 is 11.3 Å². The van der Waals surface area contributed by atoms with Gasteiger partial charge in [0, 0.05) is 37.2 Å². The quantitative estimate of drug-likeness (QED) is 0.236. The van der Waals surface area contributed by atoms with E-state index in [0.29, 0.717) is 0 Å². The number of rotatable bonds is 2. The largest absolute Gasteiger partial charge is 0.308 e. The van der Waals surface area contributed by atoms with E-state index in [1.165, 1.54) is 59.3 Å². The van der Waals surface area contributed by atoms with Gasteiger partial charge in [-0.25, -0.2) is 9.97 Å². The molecule has 38 heavy (non-hydrogen) atoms. The zero-order valence-electron chi connectivity index (χ0n) is 20.2. The van der Waals surface area contributed by atoms with Crippen LogP contribution in [0.3, 0.4) is 0 Å². The van der Waals surface area contributed by atoms with Gasteiger partial charge in [-0.3, -0.25) is 0 Å². The van der Waals surface area contributed by atoms with Crippen LogP contribution < -0.4 is 0 Å². The normalized spacial score (nSPS) is 12.2. The van der Waals surface area contributed by atoms with E-state index in [4.69, 9.17) is 4.98 Å². The summed E-state index contributed by atoms with van der Waals surface area (Å²) in [6, 6.07) is 39.5. The van der Waals surface area contributed by atoms with Gasteiger partial charge in [-0.05, 0) is 35.4 Å². The molecule has 0 atom stereocenters. The third-order valence-corrected chi connectivity index (χ3v) is 9.02. The second-order valence-electron chi connectivity index (χ2n) is 9.87. The highest BCUT2D eigenvalue weighted by Gasteiger charge is 2.18. The maximum absolute atomic E-state index is 4.74. The van der Waals surface area contributed by atoms with E-state index in [9.17, 15) is 0 Å². The van der Waals surface area contributed by atoms with Gasteiger partial charge in [0.2, 0.25) is 0 Å². The summed E-state index contributed by atoms with van der Waals surface area (Å²) in [4.78, 5) is 9.37. The molecule has 4 aromatic heterocycles. The fraction of sp³-hybridized carbons (Fsp3) is 0. The first-order chi connectivity index (χ1) is 18.8. The van der Waals surface area contributed by atoms with Gasteiger partial charge >= 0.3 is 0 Å². The SMILES string of the molecule is c1cc(-c2ccc3c4cccc5c6ccccc6n(c3c2)c54)cc(-c2ncnc3c2sc2ccccc23)c1. The molecule has 4 heterocycles. The van der Waals surface area contributed by atoms with Crippen LogP contribution in [0.15, 0.2) is 116 Å². The molecule has 0 aliphatic carbocycles. The first kappa shape index (κ1) is 20.3. The summed E-state index contributed by atoms with van der Waals surface area (Å²) in [5.41, 5.74) is 9.32. The van der Waals surface area contributed by atoms with E-state index in [1.54, 1.807) is 17.7 Å². The van der Waals surface area contributed by atoms with Crippen molar-refractivity contribution >= 4 is 69.7 Å². The summed E-state index contributed by atoms with van der Waals surface area (Å²) in [7, 11) is 0. The molecule has 0 aliphatic heterocycles. The molecule has 0 N–H and O–H groups in total. The number of nitrogens with zero attached hydrogens (tertiary/aromatic N) is 3. The van der Waals surface area contributed by atoms with Crippen LogP contribution in [0.4, 0.5) is 0 Å². The molecular formula is C34H19N3S. The maximum Gasteiger partial charge on any atom is 0.116 e. The molecule has 0 fully saturated rings. The van der Waals surface area contributed by atoms with Crippen molar-refractivity contribution in [3.8, 4) is 22.4 Å². The molecule has 0 saturated heterocycles. The maximum atomic E-state index is 4.74. The van der Waals surface area contributed by atoms with E-state index in [0.717, 1.165) is 21.5 Å². The van der Waals surface area contributed by atoms with E-state index in [2.05, 4.69) is 119 Å². The Morgan fingerprint density at radius 2 is 1.24 bits per heavy atom. The molecule has 0 bridgehead atoms. The van der Waals surface area contributed by atoms with Crippen molar-refractivity contribution in [1.82, 2.24) is 14.4 Å². The molecule has 4 heteroatoms. The minimum Gasteiger partial charge on any atom is -0.308 e. The molecule has 0 aliphatic rings. The smallest absolute Gasteiger partial charge is 0.116 e. The van der Waals surface area contributed by atoms with Gasteiger partial charge in [-0.2, -0.15) is 0 Å². The third kappa shape index (κ3) is 2.62. The summed E-state index contributed by atoms with van der Waals surface area (Å²) in [5, 5.41) is 6.41. The van der Waals surface area contributed by atoms with E-state index >= 15 is 0 Å². The predicted molar refractivity (Wildman–Crippen MR) is 160 cm³/mol. The van der Waals surface area contributed by atoms with Gasteiger partial charge in [0.05, 0.1) is 32.5 Å². The number of hydrogen-bond donors (Lipinski definition) is 0. The minimum absolute atomic E-state index is 0.990. The molecular weight excluding hydrogens is 482 g/mol. The van der Waals surface area contributed by atoms with E-state index in [-0.39, 0.29) is 0 Å². The molecule has 9 aromatic rings. The highest BCUT2D eigenvalue weighted by atomic mass is 32.1. The van der Waals surface area contributed by atoms with Crippen LogP contribution in [-0.4, -0.2) is 14.4 Å². The molecule has 0 unspecified atom stereocenters. The van der Waals surface area contributed by atoms with Gasteiger partial charge in [-0.15, -0.1) is 11.3 Å². The van der Waals surface area contributed by atoms with Gasteiger partial charge in [0.1, 0.15) is 6.33 Å². The molecule has 176 valence electrons. The van der Waals surface area contributed by atoms with Crippen LogP contribution in [-0.2, 0) is 0 Å². The summed E-state index contributed by atoms with van der Waals surface area (Å²) in [6.07, 6.45) is 1.69. The number of benzene rings is 5. The van der Waals surface area contributed by atoms with Crippen molar-refractivity contribution in [3.63, 3.8) is 0 Å². The van der Waals surface area contributed by atoms with Gasteiger partial charge in [0.25, 0.3) is 0 Å². The summed E-state index contributed by atoms with van der Waals surface area (Å²) in [5.74, 6) is 0. The fourth-order valence-corrected chi connectivity index (χ4v) is 7.35. The number of para-hydroxylation sites is 2. The van der Waals surface area contributed by atoms with Gasteiger partial charge in [0.15, 0.2) is 0 Å². The predicted octanol–water partition coefficient (Wildman–Crippen LogP) is 9.33. The lowest BCUT2D eigenvalue weighted by atomic mass is 9.99. The second-order valence-corrected chi connectivity index (χ2v) is 10.9. The lowest BCUT2D eigenvalue weighted by Gasteiger charge is -2.07. The Morgan fingerprint density at radius 3 is 2.16 bits per heavy atom. The number of thiophene rings is 1. The van der Waals surface area contributed by atoms with Crippen LogP contribution in [0, 0.1) is 0 Å². The molecule has 0 amide bonds. The van der Waals surface area contributed by atoms with Crippen molar-refractivity contribution in [2.24, 2.45) is 0 Å². The number of fused-ring (bicyclic) bond motifs is 9. The Bertz CT molecular complexity index is 2360. The van der Waals surface area contributed by atoms with Crippen molar-refractivity contribution in [2.45, 2.75) is 0 Å². The monoisotopic (exact) mass is 501 g/mol. The first-order valence-electron chi connectivity index (χ1n) is 12.8. The Morgan fingerprint density at radius 1 is 0.526 bits per heavy atom. The van der Waals surface area contributed by atoms with Crippen LogP contribution in [0.2, 0.25) is 0 Å². The second kappa shape index (κ2) is 7.37. The molecule has 3 nitrogen and oxygen atoms in total. The third-order valence-electron chi connectivity index (χ3n) is 7.85. The average molecular weight is 502 g/mol. The molecule has 9 rings (SSSR count). The fourth-order valence-electron chi connectivity index (χ4n) is 6.19. The highest BCUT2D eigenvalue weighted by Crippen LogP contribution is 2.41. The van der Waals surface area contributed by atoms with E-state index in [1.807, 2.05) is 0 Å². The van der Waals surface area contributed by atoms with Crippen molar-refractivity contribution in [3.05, 3.63) is 116 Å². The minimum atomic E-state index is 0.990. The van der Waals surface area contributed by atoms with Crippen molar-refractivity contribution in [1.29, 1.82) is 0 Å². The Hall–Kier alpha value is -4.80.